The third kappa shape index (κ3) is 5.47. The van der Waals surface area contributed by atoms with E-state index in [9.17, 15) is 12.8 Å². The molecule has 0 saturated carbocycles. The fourth-order valence-corrected chi connectivity index (χ4v) is 6.13. The molecule has 4 nitrogen and oxygen atoms in total. The molecule has 1 aromatic heterocycles. The molecule has 1 aliphatic rings. The van der Waals surface area contributed by atoms with E-state index in [0.29, 0.717) is 5.92 Å². The SMILES string of the molecule is Cc1cc(S(=O)(=O)Cc2cccc(F)n2)c(F)cc1C(C)[C@H]1CCN(Cc2ccccc2)C1. The summed E-state index contributed by atoms with van der Waals surface area (Å²) in [4.78, 5) is 5.65. The van der Waals surface area contributed by atoms with E-state index in [4.69, 9.17) is 0 Å². The Morgan fingerprint density at radius 2 is 1.85 bits per heavy atom. The number of aromatic nitrogens is 1. The maximum atomic E-state index is 15.0. The van der Waals surface area contributed by atoms with Gasteiger partial charge < -0.3 is 0 Å². The van der Waals surface area contributed by atoms with Gasteiger partial charge in [0.15, 0.2) is 9.84 Å². The molecule has 1 saturated heterocycles. The highest BCUT2D eigenvalue weighted by atomic mass is 32.2. The number of pyridine rings is 1. The van der Waals surface area contributed by atoms with Gasteiger partial charge in [0.05, 0.1) is 11.4 Å². The minimum absolute atomic E-state index is 0.0500. The van der Waals surface area contributed by atoms with Crippen LogP contribution in [0.3, 0.4) is 0 Å². The maximum absolute atomic E-state index is 15.0. The summed E-state index contributed by atoms with van der Waals surface area (Å²) >= 11 is 0. The van der Waals surface area contributed by atoms with Crippen LogP contribution in [-0.4, -0.2) is 31.4 Å². The number of aryl methyl sites for hydroxylation is 1. The topological polar surface area (TPSA) is 50.3 Å². The summed E-state index contributed by atoms with van der Waals surface area (Å²) in [6, 6.07) is 17.1. The van der Waals surface area contributed by atoms with Crippen molar-refractivity contribution in [1.29, 1.82) is 0 Å². The minimum atomic E-state index is -4.00. The maximum Gasteiger partial charge on any atom is 0.213 e. The lowest BCUT2D eigenvalue weighted by molar-refractivity contribution is 0.308. The normalized spacial score (nSPS) is 17.9. The first kappa shape index (κ1) is 23.5. The van der Waals surface area contributed by atoms with Crippen molar-refractivity contribution in [1.82, 2.24) is 9.88 Å². The predicted molar refractivity (Wildman–Crippen MR) is 124 cm³/mol. The van der Waals surface area contributed by atoms with Gasteiger partial charge in [-0.15, -0.1) is 0 Å². The van der Waals surface area contributed by atoms with Gasteiger partial charge in [-0.3, -0.25) is 4.90 Å². The number of sulfone groups is 1. The second kappa shape index (κ2) is 9.69. The molecule has 0 bridgehead atoms. The van der Waals surface area contributed by atoms with Crippen molar-refractivity contribution in [3.63, 3.8) is 0 Å². The second-order valence-electron chi connectivity index (χ2n) is 8.91. The number of likely N-dealkylation sites (tertiary alicyclic amines) is 1. The fourth-order valence-electron chi connectivity index (χ4n) is 4.71. The van der Waals surface area contributed by atoms with Gasteiger partial charge in [0, 0.05) is 13.1 Å². The standard InChI is InChI=1S/C26H28F2N2O2S/c1-18-13-25(33(31,32)17-22-9-6-10-26(28)29-22)24(27)14-23(18)19(2)21-11-12-30(16-21)15-20-7-4-3-5-8-20/h3-10,13-14,19,21H,11-12,15-17H2,1-2H3/t19?,21-/m0/s1. The van der Waals surface area contributed by atoms with E-state index >= 15 is 4.39 Å². The van der Waals surface area contributed by atoms with Crippen LogP contribution in [0.5, 0.6) is 0 Å². The predicted octanol–water partition coefficient (Wildman–Crippen LogP) is 5.27. The van der Waals surface area contributed by atoms with Gasteiger partial charge in [-0.1, -0.05) is 43.3 Å². The number of nitrogens with zero attached hydrogens (tertiary/aromatic N) is 2. The van der Waals surface area contributed by atoms with Crippen LogP contribution in [0.1, 0.15) is 41.6 Å². The molecule has 0 aliphatic carbocycles. The van der Waals surface area contributed by atoms with Crippen LogP contribution in [0.25, 0.3) is 0 Å². The van der Waals surface area contributed by atoms with Crippen LogP contribution in [0.15, 0.2) is 65.6 Å². The van der Waals surface area contributed by atoms with Gasteiger partial charge in [0.2, 0.25) is 5.95 Å². The van der Waals surface area contributed by atoms with Crippen LogP contribution >= 0.6 is 0 Å². The third-order valence-electron chi connectivity index (χ3n) is 6.52. The van der Waals surface area contributed by atoms with Crippen LogP contribution < -0.4 is 0 Å². The molecule has 0 spiro atoms. The highest BCUT2D eigenvalue weighted by Gasteiger charge is 2.30. The molecule has 33 heavy (non-hydrogen) atoms. The number of hydrogen-bond acceptors (Lipinski definition) is 4. The number of halogens is 2. The molecule has 174 valence electrons. The summed E-state index contributed by atoms with van der Waals surface area (Å²) in [6.45, 7) is 6.70. The highest BCUT2D eigenvalue weighted by molar-refractivity contribution is 7.90. The zero-order valence-corrected chi connectivity index (χ0v) is 19.7. The summed E-state index contributed by atoms with van der Waals surface area (Å²) in [6.07, 6.45) is 1.01. The van der Waals surface area contributed by atoms with Crippen LogP contribution in [-0.2, 0) is 22.1 Å². The zero-order chi connectivity index (χ0) is 23.6. The van der Waals surface area contributed by atoms with E-state index in [1.165, 1.54) is 29.8 Å². The molecule has 0 amide bonds. The van der Waals surface area contributed by atoms with Gasteiger partial charge in [-0.05, 0) is 72.7 Å². The van der Waals surface area contributed by atoms with Crippen LogP contribution in [0, 0.1) is 24.6 Å². The molecule has 0 radical (unpaired) electrons. The first-order valence-corrected chi connectivity index (χ1v) is 12.8. The van der Waals surface area contributed by atoms with Crippen molar-refractivity contribution < 1.29 is 17.2 Å². The van der Waals surface area contributed by atoms with Gasteiger partial charge in [-0.2, -0.15) is 4.39 Å². The van der Waals surface area contributed by atoms with E-state index in [0.717, 1.165) is 43.2 Å². The van der Waals surface area contributed by atoms with Crippen molar-refractivity contribution in [3.8, 4) is 0 Å². The summed E-state index contributed by atoms with van der Waals surface area (Å²) in [5.41, 5.74) is 2.91. The average Bonchev–Trinajstić information content (AvgIpc) is 3.23. The van der Waals surface area contributed by atoms with Gasteiger partial charge in [0.1, 0.15) is 10.7 Å². The highest BCUT2D eigenvalue weighted by Crippen LogP contribution is 2.35. The summed E-state index contributed by atoms with van der Waals surface area (Å²) in [5.74, 6) is -1.61. The molecule has 2 atom stereocenters. The average molecular weight is 471 g/mol. The second-order valence-corrected chi connectivity index (χ2v) is 10.9. The molecule has 1 fully saturated rings. The summed E-state index contributed by atoms with van der Waals surface area (Å²) in [7, 11) is -4.00. The smallest absolute Gasteiger partial charge is 0.213 e. The Hall–Kier alpha value is -2.64. The quantitative estimate of drug-likeness (QED) is 0.442. The molecule has 1 unspecified atom stereocenters. The Morgan fingerprint density at radius 1 is 1.09 bits per heavy atom. The molecule has 1 aliphatic heterocycles. The Kier molecular flexibility index (Phi) is 6.91. The van der Waals surface area contributed by atoms with E-state index < -0.39 is 27.4 Å². The van der Waals surface area contributed by atoms with Crippen molar-refractivity contribution in [3.05, 3.63) is 94.8 Å². The first-order chi connectivity index (χ1) is 15.7. The van der Waals surface area contributed by atoms with Crippen LogP contribution in [0.4, 0.5) is 8.78 Å². The molecule has 3 aromatic rings. The molecule has 7 heteroatoms. The summed E-state index contributed by atoms with van der Waals surface area (Å²) in [5, 5.41) is 0. The molecular formula is C26H28F2N2O2S. The van der Waals surface area contributed by atoms with Gasteiger partial charge >= 0.3 is 0 Å². The van der Waals surface area contributed by atoms with E-state index in [2.05, 4.69) is 28.9 Å². The minimum Gasteiger partial charge on any atom is -0.299 e. The van der Waals surface area contributed by atoms with Crippen molar-refractivity contribution >= 4 is 9.84 Å². The van der Waals surface area contributed by atoms with Gasteiger partial charge in [0.25, 0.3) is 0 Å². The zero-order valence-electron chi connectivity index (χ0n) is 18.8. The Balaban J connectivity index is 1.50. The fraction of sp³-hybridized carbons (Fsp3) is 0.346. The van der Waals surface area contributed by atoms with Crippen molar-refractivity contribution in [2.75, 3.05) is 13.1 Å². The lowest BCUT2D eigenvalue weighted by Crippen LogP contribution is -2.22. The van der Waals surface area contributed by atoms with E-state index in [1.807, 2.05) is 25.1 Å². The van der Waals surface area contributed by atoms with Gasteiger partial charge in [-0.25, -0.2) is 17.8 Å². The lowest BCUT2D eigenvalue weighted by Gasteiger charge is -2.23. The van der Waals surface area contributed by atoms with Crippen molar-refractivity contribution in [2.24, 2.45) is 5.92 Å². The lowest BCUT2D eigenvalue weighted by atomic mass is 9.85. The van der Waals surface area contributed by atoms with Crippen LogP contribution in [0.2, 0.25) is 0 Å². The summed E-state index contributed by atoms with van der Waals surface area (Å²) < 4.78 is 54.0. The molecule has 2 heterocycles. The monoisotopic (exact) mass is 470 g/mol. The Bertz CT molecular complexity index is 1230. The molecule has 0 N–H and O–H groups in total. The van der Waals surface area contributed by atoms with E-state index in [-0.39, 0.29) is 16.5 Å². The molecule has 2 aromatic carbocycles. The van der Waals surface area contributed by atoms with Crippen molar-refractivity contribution in [2.45, 2.75) is 43.4 Å². The third-order valence-corrected chi connectivity index (χ3v) is 8.18. The molecular weight excluding hydrogens is 442 g/mol. The Morgan fingerprint density at radius 3 is 2.58 bits per heavy atom. The Labute approximate surface area is 194 Å². The largest absolute Gasteiger partial charge is 0.299 e. The van der Waals surface area contributed by atoms with E-state index in [1.54, 1.807) is 0 Å². The number of hydrogen-bond donors (Lipinski definition) is 0. The number of rotatable bonds is 7. The molecule has 4 rings (SSSR count). The first-order valence-electron chi connectivity index (χ1n) is 11.1. The number of benzene rings is 2.